The van der Waals surface area contributed by atoms with Crippen molar-refractivity contribution in [3.8, 4) is 0 Å². The summed E-state index contributed by atoms with van der Waals surface area (Å²) in [6, 6.07) is 0. The van der Waals surface area contributed by atoms with Gasteiger partial charge in [-0.15, -0.1) is 0 Å². The lowest BCUT2D eigenvalue weighted by Crippen LogP contribution is -2.17. The summed E-state index contributed by atoms with van der Waals surface area (Å²) in [6.07, 6.45) is 3.02. The van der Waals surface area contributed by atoms with Crippen molar-refractivity contribution < 1.29 is 8.42 Å². The van der Waals surface area contributed by atoms with Gasteiger partial charge in [0.1, 0.15) is 0 Å². The molecule has 0 amide bonds. The third kappa shape index (κ3) is 0.784. The molecule has 0 aromatic carbocycles. The Hall–Kier alpha value is -0.0500. The lowest BCUT2D eigenvalue weighted by atomic mass is 10.2. The van der Waals surface area contributed by atoms with Gasteiger partial charge in [-0.05, 0) is 25.2 Å². The molecule has 3 heteroatoms. The van der Waals surface area contributed by atoms with Crippen LogP contribution in [0, 0.1) is 5.92 Å². The Labute approximate surface area is 55.2 Å². The zero-order valence-corrected chi connectivity index (χ0v) is 6.02. The second-order valence-electron chi connectivity index (χ2n) is 3.04. The lowest BCUT2D eigenvalue weighted by molar-refractivity contribution is 0.570. The summed E-state index contributed by atoms with van der Waals surface area (Å²) in [5.74, 6) is 1.01. The van der Waals surface area contributed by atoms with E-state index in [2.05, 4.69) is 0 Å². The first-order chi connectivity index (χ1) is 4.20. The molecule has 2 rings (SSSR count). The van der Waals surface area contributed by atoms with Crippen molar-refractivity contribution in [2.75, 3.05) is 5.75 Å². The second kappa shape index (κ2) is 1.51. The molecule has 1 aliphatic heterocycles. The molecule has 0 bridgehead atoms. The van der Waals surface area contributed by atoms with E-state index in [-0.39, 0.29) is 5.25 Å². The highest BCUT2D eigenvalue weighted by molar-refractivity contribution is 7.92. The van der Waals surface area contributed by atoms with E-state index in [0.717, 1.165) is 19.3 Å². The first kappa shape index (κ1) is 5.71. The van der Waals surface area contributed by atoms with Gasteiger partial charge in [-0.1, -0.05) is 0 Å². The highest BCUT2D eigenvalue weighted by atomic mass is 32.2. The molecule has 0 radical (unpaired) electrons. The van der Waals surface area contributed by atoms with Crippen LogP contribution in [0.25, 0.3) is 0 Å². The van der Waals surface area contributed by atoms with Crippen molar-refractivity contribution in [3.63, 3.8) is 0 Å². The van der Waals surface area contributed by atoms with E-state index >= 15 is 0 Å². The van der Waals surface area contributed by atoms with Crippen LogP contribution < -0.4 is 0 Å². The van der Waals surface area contributed by atoms with Crippen LogP contribution in [0.1, 0.15) is 19.3 Å². The van der Waals surface area contributed by atoms with Crippen molar-refractivity contribution in [1.29, 1.82) is 0 Å². The number of rotatable bonds is 0. The molecular weight excluding hydrogens is 136 g/mol. The van der Waals surface area contributed by atoms with Gasteiger partial charge in [0.15, 0.2) is 9.84 Å². The van der Waals surface area contributed by atoms with Crippen molar-refractivity contribution in [3.05, 3.63) is 0 Å². The summed E-state index contributed by atoms with van der Waals surface area (Å²) in [6.45, 7) is 0. The third-order valence-electron chi connectivity index (χ3n) is 2.32. The molecule has 1 saturated heterocycles. The van der Waals surface area contributed by atoms with E-state index in [1.165, 1.54) is 0 Å². The molecule has 52 valence electrons. The Balaban J connectivity index is 2.28. The average molecular weight is 146 g/mol. The third-order valence-corrected chi connectivity index (χ3v) is 4.68. The number of hydrogen-bond donors (Lipinski definition) is 0. The molecule has 9 heavy (non-hydrogen) atoms. The monoisotopic (exact) mass is 146 g/mol. The SMILES string of the molecule is O=S1(=O)CCCC2C[C@H]21. The number of hydrogen-bond acceptors (Lipinski definition) is 2. The molecule has 2 nitrogen and oxygen atoms in total. The van der Waals surface area contributed by atoms with Gasteiger partial charge in [0.05, 0.1) is 11.0 Å². The average Bonchev–Trinajstić information content (AvgIpc) is 2.43. The van der Waals surface area contributed by atoms with E-state index in [9.17, 15) is 8.42 Å². The molecule has 2 fully saturated rings. The van der Waals surface area contributed by atoms with Gasteiger partial charge in [0.25, 0.3) is 0 Å². The molecule has 0 aromatic rings. The molecule has 1 unspecified atom stereocenters. The Morgan fingerprint density at radius 2 is 2.11 bits per heavy atom. The van der Waals surface area contributed by atoms with Gasteiger partial charge in [0, 0.05) is 0 Å². The molecule has 0 spiro atoms. The Bertz CT molecular complexity index is 217. The van der Waals surface area contributed by atoms with Gasteiger partial charge >= 0.3 is 0 Å². The summed E-state index contributed by atoms with van der Waals surface area (Å²) in [4.78, 5) is 0. The summed E-state index contributed by atoms with van der Waals surface area (Å²) in [5.41, 5.74) is 0. The molecule has 1 saturated carbocycles. The van der Waals surface area contributed by atoms with Crippen LogP contribution in [0.4, 0.5) is 0 Å². The minimum atomic E-state index is -2.59. The predicted molar refractivity (Wildman–Crippen MR) is 34.9 cm³/mol. The normalized spacial score (nSPS) is 45.8. The van der Waals surface area contributed by atoms with Crippen LogP contribution >= 0.6 is 0 Å². The van der Waals surface area contributed by atoms with E-state index in [4.69, 9.17) is 0 Å². The molecule has 1 heterocycles. The standard InChI is InChI=1S/C6H10O2S/c7-9(8)3-1-2-5-4-6(5)9/h5-6H,1-4H2/t5?,6-/m1/s1. The zero-order valence-electron chi connectivity index (χ0n) is 5.21. The highest BCUT2D eigenvalue weighted by Crippen LogP contribution is 2.44. The molecule has 1 aliphatic carbocycles. The first-order valence-electron chi connectivity index (χ1n) is 3.42. The van der Waals surface area contributed by atoms with E-state index in [0.29, 0.717) is 11.7 Å². The van der Waals surface area contributed by atoms with Gasteiger partial charge in [-0.2, -0.15) is 0 Å². The molecule has 0 aromatic heterocycles. The second-order valence-corrected chi connectivity index (χ2v) is 5.38. The van der Waals surface area contributed by atoms with Crippen molar-refractivity contribution >= 4 is 9.84 Å². The fourth-order valence-electron chi connectivity index (χ4n) is 1.66. The van der Waals surface area contributed by atoms with E-state index < -0.39 is 9.84 Å². The maximum Gasteiger partial charge on any atom is 0.153 e. The largest absolute Gasteiger partial charge is 0.229 e. The maximum absolute atomic E-state index is 11.0. The number of fused-ring (bicyclic) bond motifs is 1. The fourth-order valence-corrected chi connectivity index (χ4v) is 3.80. The Morgan fingerprint density at radius 3 is 2.67 bits per heavy atom. The summed E-state index contributed by atoms with van der Waals surface area (Å²) >= 11 is 0. The van der Waals surface area contributed by atoms with Gasteiger partial charge in [0.2, 0.25) is 0 Å². The first-order valence-corrected chi connectivity index (χ1v) is 5.13. The summed E-state index contributed by atoms with van der Waals surface area (Å²) < 4.78 is 22.0. The maximum atomic E-state index is 11.0. The molecule has 2 atom stereocenters. The Morgan fingerprint density at radius 1 is 1.33 bits per heavy atom. The highest BCUT2D eigenvalue weighted by Gasteiger charge is 2.48. The quantitative estimate of drug-likeness (QED) is 0.501. The lowest BCUT2D eigenvalue weighted by Gasteiger charge is -2.07. The summed E-state index contributed by atoms with van der Waals surface area (Å²) in [5, 5.41) is 0.0891. The zero-order chi connectivity index (χ0) is 6.48. The van der Waals surface area contributed by atoms with E-state index in [1.807, 2.05) is 0 Å². The van der Waals surface area contributed by atoms with Crippen LogP contribution in [-0.4, -0.2) is 19.4 Å². The van der Waals surface area contributed by atoms with Crippen molar-refractivity contribution in [2.24, 2.45) is 5.92 Å². The minimum absolute atomic E-state index is 0.0891. The molecule has 2 aliphatic rings. The predicted octanol–water partition coefficient (Wildman–Crippen LogP) is 0.584. The van der Waals surface area contributed by atoms with Gasteiger partial charge in [-0.3, -0.25) is 0 Å². The van der Waals surface area contributed by atoms with Crippen LogP contribution in [0.2, 0.25) is 0 Å². The van der Waals surface area contributed by atoms with Crippen molar-refractivity contribution in [1.82, 2.24) is 0 Å². The number of sulfone groups is 1. The van der Waals surface area contributed by atoms with Gasteiger partial charge < -0.3 is 0 Å². The van der Waals surface area contributed by atoms with E-state index in [1.54, 1.807) is 0 Å². The van der Waals surface area contributed by atoms with Crippen LogP contribution in [-0.2, 0) is 9.84 Å². The topological polar surface area (TPSA) is 34.1 Å². The van der Waals surface area contributed by atoms with Crippen LogP contribution in [0.15, 0.2) is 0 Å². The van der Waals surface area contributed by atoms with Crippen molar-refractivity contribution in [2.45, 2.75) is 24.5 Å². The van der Waals surface area contributed by atoms with Crippen LogP contribution in [0.3, 0.4) is 0 Å². The smallest absolute Gasteiger partial charge is 0.153 e. The summed E-state index contributed by atoms with van der Waals surface area (Å²) in [7, 11) is -2.59. The molecular formula is C6H10O2S. The molecule has 0 N–H and O–H groups in total. The fraction of sp³-hybridized carbons (Fsp3) is 1.00. The van der Waals surface area contributed by atoms with Gasteiger partial charge in [-0.25, -0.2) is 8.42 Å². The Kier molecular flexibility index (Phi) is 0.958. The minimum Gasteiger partial charge on any atom is -0.229 e. The van der Waals surface area contributed by atoms with Crippen LogP contribution in [0.5, 0.6) is 0 Å².